The van der Waals surface area contributed by atoms with Gasteiger partial charge in [0.1, 0.15) is 5.76 Å². The minimum atomic E-state index is 0.994. The molecular weight excluding hydrogens is 124 g/mol. The van der Waals surface area contributed by atoms with Crippen LogP contribution < -0.4 is 0 Å². The fourth-order valence-electron chi connectivity index (χ4n) is 0.676. The zero-order chi connectivity index (χ0) is 7.98. The normalized spacial score (nSPS) is 8.00. The Bertz CT molecular complexity index is 195. The van der Waals surface area contributed by atoms with Crippen LogP contribution >= 0.6 is 0 Å². The summed E-state index contributed by atoms with van der Waals surface area (Å²) in [6, 6.07) is 2.06. The number of terminal acetylenes is 1. The average Bonchev–Trinajstić information content (AvgIpc) is 2.40. The summed E-state index contributed by atoms with van der Waals surface area (Å²) in [6.07, 6.45) is 10.8. The molecule has 0 fully saturated rings. The molecule has 0 aliphatic carbocycles. The lowest BCUT2D eigenvalue weighted by molar-refractivity contribution is 0.515. The summed E-state index contributed by atoms with van der Waals surface area (Å²) in [6.45, 7) is 4.11. The predicted molar refractivity (Wildman–Crippen MR) is 42.7 cm³/mol. The van der Waals surface area contributed by atoms with Crippen molar-refractivity contribution in [3.8, 4) is 12.8 Å². The highest BCUT2D eigenvalue weighted by Gasteiger charge is 1.91. The van der Waals surface area contributed by atoms with Crippen molar-refractivity contribution in [2.75, 3.05) is 0 Å². The van der Waals surface area contributed by atoms with Crippen molar-refractivity contribution in [2.24, 2.45) is 0 Å². The second kappa shape index (κ2) is 4.69. The van der Waals surface area contributed by atoms with Gasteiger partial charge in [-0.25, -0.2) is 0 Å². The minimum Gasteiger partial charge on any atom is -0.469 e. The van der Waals surface area contributed by atoms with Crippen molar-refractivity contribution in [3.05, 3.63) is 23.7 Å². The van der Waals surface area contributed by atoms with E-state index in [1.807, 2.05) is 6.92 Å². The SMILES string of the molecule is C#C.CCc1cc(C)co1. The quantitative estimate of drug-likeness (QED) is 0.540. The van der Waals surface area contributed by atoms with Gasteiger partial charge in [0, 0.05) is 6.42 Å². The lowest BCUT2D eigenvalue weighted by Crippen LogP contribution is -1.67. The molecule has 0 spiro atoms. The summed E-state index contributed by atoms with van der Waals surface area (Å²) in [7, 11) is 0. The number of hydrogen-bond acceptors (Lipinski definition) is 1. The first-order valence-electron chi connectivity index (χ1n) is 3.20. The van der Waals surface area contributed by atoms with Crippen LogP contribution in [0.5, 0.6) is 0 Å². The van der Waals surface area contributed by atoms with E-state index in [1.54, 1.807) is 6.26 Å². The van der Waals surface area contributed by atoms with Crippen molar-refractivity contribution >= 4 is 0 Å². The molecule has 0 unspecified atom stereocenters. The maximum absolute atomic E-state index is 5.11. The summed E-state index contributed by atoms with van der Waals surface area (Å²) >= 11 is 0. The Morgan fingerprint density at radius 1 is 1.50 bits per heavy atom. The highest BCUT2D eigenvalue weighted by atomic mass is 16.3. The van der Waals surface area contributed by atoms with Crippen LogP contribution in [0.4, 0.5) is 0 Å². The molecule has 1 heterocycles. The molecule has 1 nitrogen and oxygen atoms in total. The van der Waals surface area contributed by atoms with E-state index < -0.39 is 0 Å². The molecule has 0 atom stereocenters. The van der Waals surface area contributed by atoms with Crippen LogP contribution in [-0.4, -0.2) is 0 Å². The van der Waals surface area contributed by atoms with Gasteiger partial charge in [0.25, 0.3) is 0 Å². The van der Waals surface area contributed by atoms with Crippen LogP contribution in [0.15, 0.2) is 16.7 Å². The Kier molecular flexibility index (Phi) is 4.15. The molecule has 0 saturated heterocycles. The number of rotatable bonds is 1. The zero-order valence-electron chi connectivity index (χ0n) is 6.42. The smallest absolute Gasteiger partial charge is 0.103 e. The van der Waals surface area contributed by atoms with E-state index in [0.29, 0.717) is 0 Å². The molecule has 0 N–H and O–H groups in total. The van der Waals surface area contributed by atoms with E-state index >= 15 is 0 Å². The molecule has 1 aromatic heterocycles. The van der Waals surface area contributed by atoms with Crippen molar-refractivity contribution in [1.82, 2.24) is 0 Å². The molecule has 0 aliphatic rings. The molecule has 0 bridgehead atoms. The summed E-state index contributed by atoms with van der Waals surface area (Å²) in [5.41, 5.74) is 1.21. The van der Waals surface area contributed by atoms with Crippen molar-refractivity contribution in [3.63, 3.8) is 0 Å². The van der Waals surface area contributed by atoms with Crippen LogP contribution in [0.3, 0.4) is 0 Å². The van der Waals surface area contributed by atoms with Gasteiger partial charge in [-0.05, 0) is 18.6 Å². The molecule has 1 heteroatoms. The lowest BCUT2D eigenvalue weighted by atomic mass is 10.3. The van der Waals surface area contributed by atoms with Gasteiger partial charge in [0.05, 0.1) is 6.26 Å². The molecule has 0 amide bonds. The summed E-state index contributed by atoms with van der Waals surface area (Å²) < 4.78 is 5.11. The number of furan rings is 1. The zero-order valence-corrected chi connectivity index (χ0v) is 6.42. The highest BCUT2D eigenvalue weighted by Crippen LogP contribution is 2.05. The first kappa shape index (κ1) is 8.84. The molecule has 0 saturated carbocycles. The third kappa shape index (κ3) is 2.41. The number of hydrogen-bond donors (Lipinski definition) is 0. The fourth-order valence-corrected chi connectivity index (χ4v) is 0.676. The largest absolute Gasteiger partial charge is 0.469 e. The van der Waals surface area contributed by atoms with E-state index in [9.17, 15) is 0 Å². The monoisotopic (exact) mass is 136 g/mol. The molecule has 54 valence electrons. The van der Waals surface area contributed by atoms with E-state index in [2.05, 4.69) is 25.8 Å². The molecule has 0 radical (unpaired) electrons. The van der Waals surface area contributed by atoms with Crippen LogP contribution in [0.25, 0.3) is 0 Å². The Labute approximate surface area is 62.1 Å². The fraction of sp³-hybridized carbons (Fsp3) is 0.333. The van der Waals surface area contributed by atoms with Gasteiger partial charge in [0.15, 0.2) is 0 Å². The van der Waals surface area contributed by atoms with Gasteiger partial charge in [-0.2, -0.15) is 0 Å². The molecule has 0 aromatic carbocycles. The topological polar surface area (TPSA) is 13.1 Å². The van der Waals surface area contributed by atoms with E-state index in [4.69, 9.17) is 4.42 Å². The molecular formula is C9H12O. The highest BCUT2D eigenvalue weighted by molar-refractivity contribution is 5.09. The van der Waals surface area contributed by atoms with Gasteiger partial charge in [0.2, 0.25) is 0 Å². The van der Waals surface area contributed by atoms with Crippen molar-refractivity contribution in [1.29, 1.82) is 0 Å². The number of aryl methyl sites for hydroxylation is 2. The van der Waals surface area contributed by atoms with Gasteiger partial charge < -0.3 is 4.42 Å². The summed E-state index contributed by atoms with van der Waals surface area (Å²) in [5.74, 6) is 1.07. The average molecular weight is 136 g/mol. The first-order chi connectivity index (χ1) is 4.83. The molecule has 1 aromatic rings. The van der Waals surface area contributed by atoms with Gasteiger partial charge >= 0.3 is 0 Å². The maximum atomic E-state index is 5.11. The molecule has 0 aliphatic heterocycles. The van der Waals surface area contributed by atoms with Gasteiger partial charge in [-0.1, -0.05) is 6.92 Å². The summed E-state index contributed by atoms with van der Waals surface area (Å²) in [5, 5.41) is 0. The standard InChI is InChI=1S/C7H10O.C2H2/c1-3-7-4-6(2)5-8-7;1-2/h4-5H,3H2,1-2H3;1-2H. The van der Waals surface area contributed by atoms with Gasteiger partial charge in [-0.15, -0.1) is 12.8 Å². The lowest BCUT2D eigenvalue weighted by Gasteiger charge is -1.79. The van der Waals surface area contributed by atoms with Crippen LogP contribution in [0.2, 0.25) is 0 Å². The Morgan fingerprint density at radius 3 is 2.30 bits per heavy atom. The van der Waals surface area contributed by atoms with Gasteiger partial charge in [-0.3, -0.25) is 0 Å². The molecule has 10 heavy (non-hydrogen) atoms. The van der Waals surface area contributed by atoms with Crippen LogP contribution in [0, 0.1) is 19.8 Å². The van der Waals surface area contributed by atoms with Crippen LogP contribution in [0.1, 0.15) is 18.2 Å². The first-order valence-corrected chi connectivity index (χ1v) is 3.20. The Hall–Kier alpha value is -1.16. The second-order valence-corrected chi connectivity index (χ2v) is 1.94. The van der Waals surface area contributed by atoms with E-state index in [0.717, 1.165) is 12.2 Å². The minimum absolute atomic E-state index is 0.994. The van der Waals surface area contributed by atoms with Crippen LogP contribution in [-0.2, 0) is 6.42 Å². The summed E-state index contributed by atoms with van der Waals surface area (Å²) in [4.78, 5) is 0. The van der Waals surface area contributed by atoms with Crippen molar-refractivity contribution in [2.45, 2.75) is 20.3 Å². The second-order valence-electron chi connectivity index (χ2n) is 1.94. The predicted octanol–water partition coefficient (Wildman–Crippen LogP) is 2.40. The van der Waals surface area contributed by atoms with E-state index in [1.165, 1.54) is 5.56 Å². The maximum Gasteiger partial charge on any atom is 0.103 e. The third-order valence-electron chi connectivity index (χ3n) is 1.13. The van der Waals surface area contributed by atoms with Crippen molar-refractivity contribution < 1.29 is 4.42 Å². The third-order valence-corrected chi connectivity index (χ3v) is 1.13. The molecule has 1 rings (SSSR count). The van der Waals surface area contributed by atoms with E-state index in [-0.39, 0.29) is 0 Å². The Balaban J connectivity index is 0.000000371. The Morgan fingerprint density at radius 2 is 2.10 bits per heavy atom.